The lowest BCUT2D eigenvalue weighted by Gasteiger charge is -2.15. The number of ether oxygens (including phenoxy) is 2. The van der Waals surface area contributed by atoms with E-state index in [0.29, 0.717) is 6.92 Å². The molecule has 0 atom stereocenters. The van der Waals surface area contributed by atoms with E-state index >= 15 is 0 Å². The third kappa shape index (κ3) is 5.33. The minimum absolute atomic E-state index is 0.00756. The van der Waals surface area contributed by atoms with Gasteiger partial charge < -0.3 is 9.47 Å². The molecule has 44 heavy (non-hydrogen) atoms. The van der Waals surface area contributed by atoms with Crippen LogP contribution in [-0.2, 0) is 19.7 Å². The predicted octanol–water partition coefficient (Wildman–Crippen LogP) is 7.88. The fraction of sp³-hybridized carbons (Fsp3) is 0.0769. The number of hydrogen-bond acceptors (Lipinski definition) is 6. The second kappa shape index (κ2) is 11.7. The highest BCUT2D eigenvalue weighted by molar-refractivity contribution is 7.91. The molecule has 0 saturated carbocycles. The van der Waals surface area contributed by atoms with E-state index < -0.39 is 98.0 Å². The third-order valence-electron chi connectivity index (χ3n) is 6.00. The van der Waals surface area contributed by atoms with Crippen molar-refractivity contribution in [3.63, 3.8) is 0 Å². The summed E-state index contributed by atoms with van der Waals surface area (Å²) in [6.07, 6.45) is 0. The van der Waals surface area contributed by atoms with Gasteiger partial charge in [-0.25, -0.2) is 43.2 Å². The van der Waals surface area contributed by atoms with Crippen LogP contribution in [0.3, 0.4) is 0 Å². The van der Waals surface area contributed by atoms with Gasteiger partial charge in [-0.1, -0.05) is 23.2 Å². The average molecular weight is 707 g/mol. The summed E-state index contributed by atoms with van der Waals surface area (Å²) in [5, 5.41) is -0.302. The SMILES string of the molecule is COc1c(Cl)cc(S(=O)(=O)c2ccc(Oc3c(F)c(F)c(S(=O)(=O)c4c(F)c(F)c(C)c(F)c4F)c(F)c3F)cc2)cc1Cl. The second-order valence-electron chi connectivity index (χ2n) is 8.62. The molecule has 0 saturated heterocycles. The third-order valence-corrected chi connectivity index (χ3v) is 10.1. The molecular formula is C26H12Cl2F8O6S2. The normalized spacial score (nSPS) is 12.0. The highest BCUT2D eigenvalue weighted by Crippen LogP contribution is 2.40. The molecule has 0 unspecified atom stereocenters. The Morgan fingerprint density at radius 2 is 0.977 bits per heavy atom. The van der Waals surface area contributed by atoms with Crippen molar-refractivity contribution in [2.75, 3.05) is 7.11 Å². The molecule has 0 radical (unpaired) electrons. The number of sulfone groups is 2. The molecule has 0 amide bonds. The Labute approximate surface area is 253 Å². The minimum atomic E-state index is -6.33. The summed E-state index contributed by atoms with van der Waals surface area (Å²) in [6, 6.07) is 5.33. The number of halogens is 10. The molecule has 4 aromatic carbocycles. The predicted molar refractivity (Wildman–Crippen MR) is 138 cm³/mol. The van der Waals surface area contributed by atoms with Crippen molar-refractivity contribution < 1.29 is 61.4 Å². The highest BCUT2D eigenvalue weighted by Gasteiger charge is 2.40. The molecular weight excluding hydrogens is 695 g/mol. The molecule has 0 aliphatic heterocycles. The van der Waals surface area contributed by atoms with E-state index in [2.05, 4.69) is 0 Å². The van der Waals surface area contributed by atoms with E-state index in [4.69, 9.17) is 32.7 Å². The first-order valence-electron chi connectivity index (χ1n) is 11.4. The second-order valence-corrected chi connectivity index (χ2v) is 13.2. The van der Waals surface area contributed by atoms with E-state index in [1.165, 1.54) is 7.11 Å². The molecule has 0 spiro atoms. The van der Waals surface area contributed by atoms with Gasteiger partial charge in [-0.05, 0) is 43.3 Å². The Balaban J connectivity index is 1.75. The lowest BCUT2D eigenvalue weighted by Crippen LogP contribution is -2.17. The Hall–Kier alpha value is -3.60. The van der Waals surface area contributed by atoms with Crippen molar-refractivity contribution >= 4 is 42.9 Å². The maximum absolute atomic E-state index is 14.9. The molecule has 4 aromatic rings. The lowest BCUT2D eigenvalue weighted by molar-refractivity contribution is 0.350. The average Bonchev–Trinajstić information content (AvgIpc) is 2.96. The van der Waals surface area contributed by atoms with E-state index in [1.807, 2.05) is 0 Å². The van der Waals surface area contributed by atoms with Crippen LogP contribution in [0.4, 0.5) is 35.1 Å². The van der Waals surface area contributed by atoms with Crippen LogP contribution in [0.25, 0.3) is 0 Å². The summed E-state index contributed by atoms with van der Waals surface area (Å²) >= 11 is 11.9. The van der Waals surface area contributed by atoms with Crippen molar-refractivity contribution in [1.29, 1.82) is 0 Å². The van der Waals surface area contributed by atoms with Crippen LogP contribution in [0.15, 0.2) is 56.0 Å². The Morgan fingerprint density at radius 3 is 1.39 bits per heavy atom. The van der Waals surface area contributed by atoms with E-state index in [1.54, 1.807) is 0 Å². The zero-order valence-electron chi connectivity index (χ0n) is 21.5. The van der Waals surface area contributed by atoms with Gasteiger partial charge in [-0.2, -0.15) is 8.78 Å². The molecule has 0 heterocycles. The van der Waals surface area contributed by atoms with Gasteiger partial charge in [0.25, 0.3) is 0 Å². The highest BCUT2D eigenvalue weighted by atomic mass is 35.5. The quantitative estimate of drug-likeness (QED) is 0.144. The van der Waals surface area contributed by atoms with Crippen molar-refractivity contribution in [3.8, 4) is 17.2 Å². The van der Waals surface area contributed by atoms with Crippen LogP contribution in [-0.4, -0.2) is 23.9 Å². The van der Waals surface area contributed by atoms with Gasteiger partial charge >= 0.3 is 0 Å². The van der Waals surface area contributed by atoms with Crippen molar-refractivity contribution in [1.82, 2.24) is 0 Å². The molecule has 0 bridgehead atoms. The van der Waals surface area contributed by atoms with Crippen molar-refractivity contribution in [2.45, 2.75) is 26.5 Å². The smallest absolute Gasteiger partial charge is 0.218 e. The van der Waals surface area contributed by atoms with E-state index in [9.17, 15) is 52.0 Å². The first-order chi connectivity index (χ1) is 20.4. The maximum Gasteiger partial charge on any atom is 0.218 e. The molecule has 0 aliphatic carbocycles. The Bertz CT molecular complexity index is 1990. The fourth-order valence-corrected chi connectivity index (χ4v) is 7.39. The molecule has 0 aromatic heterocycles. The van der Waals surface area contributed by atoms with Gasteiger partial charge in [-0.3, -0.25) is 0 Å². The number of hydrogen-bond donors (Lipinski definition) is 0. The topological polar surface area (TPSA) is 86.7 Å². The standard InChI is InChI=1S/C26H12Cl2F8O6S2/c1-9-15(29)19(33)25(20(34)16(9)30)44(39,40)26-21(35)17(31)24(18(32)22(26)36)42-10-3-5-11(6-4-10)43(37,38)12-7-13(27)23(41-2)14(28)8-12/h3-8H,1-2H3. The zero-order chi connectivity index (χ0) is 33.0. The van der Waals surface area contributed by atoms with Gasteiger partial charge in [0.05, 0.1) is 26.9 Å². The van der Waals surface area contributed by atoms with Crippen LogP contribution in [0.2, 0.25) is 10.0 Å². The summed E-state index contributed by atoms with van der Waals surface area (Å²) in [6.45, 7) is 0.520. The lowest BCUT2D eigenvalue weighted by atomic mass is 10.2. The molecule has 0 fully saturated rings. The zero-order valence-corrected chi connectivity index (χ0v) is 24.7. The van der Waals surface area contributed by atoms with Crippen molar-refractivity contribution in [2.24, 2.45) is 0 Å². The first kappa shape index (κ1) is 33.3. The molecule has 4 rings (SSSR count). The molecule has 6 nitrogen and oxygen atoms in total. The number of benzene rings is 4. The molecule has 18 heteroatoms. The number of methoxy groups -OCH3 is 1. The van der Waals surface area contributed by atoms with Crippen LogP contribution in [0.5, 0.6) is 17.2 Å². The fourth-order valence-electron chi connectivity index (χ4n) is 3.80. The summed E-state index contributed by atoms with van der Waals surface area (Å²) < 4.78 is 177. The Morgan fingerprint density at radius 1 is 0.568 bits per heavy atom. The van der Waals surface area contributed by atoms with E-state index in [0.717, 1.165) is 36.4 Å². The van der Waals surface area contributed by atoms with Gasteiger partial charge in [0.2, 0.25) is 37.1 Å². The maximum atomic E-state index is 14.9. The van der Waals surface area contributed by atoms with Gasteiger partial charge in [0.15, 0.2) is 40.7 Å². The monoisotopic (exact) mass is 706 g/mol. The van der Waals surface area contributed by atoms with Crippen molar-refractivity contribution in [3.05, 3.63) is 98.5 Å². The van der Waals surface area contributed by atoms with Gasteiger partial charge in [0, 0.05) is 5.56 Å². The summed E-state index contributed by atoms with van der Waals surface area (Å²) in [7, 11) is -9.41. The number of rotatable bonds is 7. The largest absolute Gasteiger partial charge is 0.494 e. The summed E-state index contributed by atoms with van der Waals surface area (Å²) in [5.74, 6) is -22.8. The van der Waals surface area contributed by atoms with Crippen LogP contribution in [0.1, 0.15) is 5.56 Å². The molecule has 0 aliphatic rings. The minimum Gasteiger partial charge on any atom is -0.494 e. The summed E-state index contributed by atoms with van der Waals surface area (Å²) in [5.41, 5.74) is -1.32. The summed E-state index contributed by atoms with van der Waals surface area (Å²) in [4.78, 5) is -5.98. The van der Waals surface area contributed by atoms with Crippen LogP contribution >= 0.6 is 23.2 Å². The van der Waals surface area contributed by atoms with Crippen LogP contribution < -0.4 is 9.47 Å². The van der Waals surface area contributed by atoms with Crippen LogP contribution in [0, 0.1) is 53.5 Å². The Kier molecular flexibility index (Phi) is 8.87. The van der Waals surface area contributed by atoms with Gasteiger partial charge in [0.1, 0.15) is 15.5 Å². The van der Waals surface area contributed by atoms with E-state index in [-0.39, 0.29) is 20.7 Å². The molecule has 234 valence electrons. The molecule has 0 N–H and O–H groups in total. The first-order valence-corrected chi connectivity index (χ1v) is 15.1. The van der Waals surface area contributed by atoms with Gasteiger partial charge in [-0.15, -0.1) is 0 Å².